The van der Waals surface area contributed by atoms with Crippen LogP contribution in [0.2, 0.25) is 0 Å². The van der Waals surface area contributed by atoms with Gasteiger partial charge in [0.2, 0.25) is 0 Å². The molecule has 0 aromatic rings. The van der Waals surface area contributed by atoms with Crippen molar-refractivity contribution in [2.24, 2.45) is 23.1 Å². The average Bonchev–Trinajstić information content (AvgIpc) is 2.41. The van der Waals surface area contributed by atoms with Gasteiger partial charge < -0.3 is 26.7 Å². The Kier molecular flexibility index (Phi) is 6.99. The van der Waals surface area contributed by atoms with Gasteiger partial charge >= 0.3 is 0 Å². The molecule has 0 bridgehead atoms. The molecule has 0 atom stereocenters. The van der Waals surface area contributed by atoms with Gasteiger partial charge in [-0.25, -0.2) is 0 Å². The monoisotopic (exact) mass is 245 g/mol. The first-order valence-electron chi connectivity index (χ1n) is 6.55. The first kappa shape index (κ1) is 14.9. The van der Waals surface area contributed by atoms with Crippen LogP contribution in [0.15, 0.2) is 0 Å². The van der Waals surface area contributed by atoms with Crippen LogP contribution in [0, 0.1) is 5.92 Å². The molecule has 0 aliphatic carbocycles. The molecular formula is C12H27N3O2. The van der Waals surface area contributed by atoms with Crippen LogP contribution < -0.4 is 17.2 Å². The van der Waals surface area contributed by atoms with Crippen molar-refractivity contribution in [2.45, 2.75) is 31.2 Å². The summed E-state index contributed by atoms with van der Waals surface area (Å²) in [6.07, 6.45) is 4.14. The maximum Gasteiger partial charge on any atom is 0.0484 e. The summed E-state index contributed by atoms with van der Waals surface area (Å²) in [5, 5.41) is 0. The fourth-order valence-electron chi connectivity index (χ4n) is 1.96. The van der Waals surface area contributed by atoms with E-state index in [0.717, 1.165) is 64.6 Å². The molecule has 0 aromatic carbocycles. The van der Waals surface area contributed by atoms with Gasteiger partial charge in [-0.15, -0.1) is 0 Å². The highest BCUT2D eigenvalue weighted by Crippen LogP contribution is 2.15. The first-order chi connectivity index (χ1) is 8.20. The van der Waals surface area contributed by atoms with Crippen LogP contribution in [0.4, 0.5) is 0 Å². The average molecular weight is 245 g/mol. The van der Waals surface area contributed by atoms with Crippen LogP contribution in [0.1, 0.15) is 25.7 Å². The highest BCUT2D eigenvalue weighted by molar-refractivity contribution is 4.86. The lowest BCUT2D eigenvalue weighted by molar-refractivity contribution is 0.0561. The number of hydrogen-bond acceptors (Lipinski definition) is 5. The molecule has 0 saturated carbocycles. The maximum atomic E-state index is 5.85. The van der Waals surface area contributed by atoms with Crippen molar-refractivity contribution in [1.29, 1.82) is 0 Å². The molecule has 0 radical (unpaired) electrons. The van der Waals surface area contributed by atoms with Gasteiger partial charge in [-0.3, -0.25) is 0 Å². The largest absolute Gasteiger partial charge is 0.381 e. The molecule has 2 saturated heterocycles. The van der Waals surface area contributed by atoms with E-state index in [1.165, 1.54) is 0 Å². The van der Waals surface area contributed by atoms with E-state index in [0.29, 0.717) is 6.54 Å². The summed E-state index contributed by atoms with van der Waals surface area (Å²) in [6, 6.07) is 0. The van der Waals surface area contributed by atoms with E-state index in [-0.39, 0.29) is 5.54 Å². The topological polar surface area (TPSA) is 96.5 Å². The zero-order valence-electron chi connectivity index (χ0n) is 10.7. The Labute approximate surface area is 104 Å². The molecular weight excluding hydrogens is 218 g/mol. The zero-order chi connectivity index (χ0) is 12.6. The molecule has 2 heterocycles. The summed E-state index contributed by atoms with van der Waals surface area (Å²) in [4.78, 5) is 0. The minimum absolute atomic E-state index is 0.127. The van der Waals surface area contributed by atoms with Crippen LogP contribution >= 0.6 is 0 Å². The quantitative estimate of drug-likeness (QED) is 0.627. The molecule has 5 nitrogen and oxygen atoms in total. The van der Waals surface area contributed by atoms with Crippen molar-refractivity contribution in [3.8, 4) is 0 Å². The molecule has 2 aliphatic rings. The lowest BCUT2D eigenvalue weighted by Gasteiger charge is -2.31. The number of hydrogen-bond donors (Lipinski definition) is 3. The van der Waals surface area contributed by atoms with Crippen molar-refractivity contribution in [3.63, 3.8) is 0 Å². The molecule has 102 valence electrons. The molecule has 0 spiro atoms. The second-order valence-corrected chi connectivity index (χ2v) is 4.97. The maximum absolute atomic E-state index is 5.85. The fraction of sp³-hybridized carbons (Fsp3) is 1.00. The van der Waals surface area contributed by atoms with E-state index in [2.05, 4.69) is 0 Å². The minimum Gasteiger partial charge on any atom is -0.381 e. The third-order valence-electron chi connectivity index (χ3n) is 3.57. The molecule has 6 N–H and O–H groups in total. The highest BCUT2D eigenvalue weighted by Gasteiger charge is 2.25. The normalized spacial score (nSPS) is 24.9. The van der Waals surface area contributed by atoms with Crippen molar-refractivity contribution >= 4 is 0 Å². The van der Waals surface area contributed by atoms with E-state index >= 15 is 0 Å². The number of ether oxygens (including phenoxy) is 2. The summed E-state index contributed by atoms with van der Waals surface area (Å²) in [6.45, 7) is 4.80. The van der Waals surface area contributed by atoms with Crippen molar-refractivity contribution in [2.75, 3.05) is 39.5 Å². The summed E-state index contributed by atoms with van der Waals surface area (Å²) >= 11 is 0. The van der Waals surface area contributed by atoms with Gasteiger partial charge in [0, 0.05) is 38.5 Å². The standard InChI is InChI=1S/C6H14N2O.C6H13NO/c7-5-6(8)1-3-9-4-2-6;7-5-6-1-3-8-4-2-6/h1-5,7-8H2;6H,1-5,7H2. The lowest BCUT2D eigenvalue weighted by Crippen LogP contribution is -2.50. The zero-order valence-corrected chi connectivity index (χ0v) is 10.7. The van der Waals surface area contributed by atoms with Gasteiger partial charge in [-0.1, -0.05) is 0 Å². The summed E-state index contributed by atoms with van der Waals surface area (Å²) < 4.78 is 10.3. The number of nitrogens with two attached hydrogens (primary N) is 3. The molecule has 0 unspecified atom stereocenters. The van der Waals surface area contributed by atoms with Crippen molar-refractivity contribution in [1.82, 2.24) is 0 Å². The second-order valence-electron chi connectivity index (χ2n) is 4.97. The van der Waals surface area contributed by atoms with Gasteiger partial charge in [-0.2, -0.15) is 0 Å². The Hall–Kier alpha value is -0.200. The lowest BCUT2D eigenvalue weighted by atomic mass is 9.92. The molecule has 0 amide bonds. The Morgan fingerprint density at radius 1 is 0.941 bits per heavy atom. The Bertz CT molecular complexity index is 190. The fourth-order valence-corrected chi connectivity index (χ4v) is 1.96. The molecule has 0 aromatic heterocycles. The Morgan fingerprint density at radius 2 is 1.47 bits per heavy atom. The van der Waals surface area contributed by atoms with Crippen molar-refractivity contribution in [3.05, 3.63) is 0 Å². The van der Waals surface area contributed by atoms with E-state index in [1.54, 1.807) is 0 Å². The second kappa shape index (κ2) is 8.00. The smallest absolute Gasteiger partial charge is 0.0484 e. The van der Waals surface area contributed by atoms with Gasteiger partial charge in [0.15, 0.2) is 0 Å². The van der Waals surface area contributed by atoms with Crippen LogP contribution in [0.5, 0.6) is 0 Å². The first-order valence-corrected chi connectivity index (χ1v) is 6.55. The summed E-state index contributed by atoms with van der Waals surface area (Å²) in [5.41, 5.74) is 16.6. The molecule has 2 fully saturated rings. The van der Waals surface area contributed by atoms with Gasteiger partial charge in [0.1, 0.15) is 0 Å². The predicted molar refractivity (Wildman–Crippen MR) is 68.6 cm³/mol. The van der Waals surface area contributed by atoms with Gasteiger partial charge in [-0.05, 0) is 38.1 Å². The minimum atomic E-state index is -0.127. The third-order valence-corrected chi connectivity index (χ3v) is 3.57. The Morgan fingerprint density at radius 3 is 1.82 bits per heavy atom. The third kappa shape index (κ3) is 5.79. The van der Waals surface area contributed by atoms with Crippen LogP contribution in [-0.2, 0) is 9.47 Å². The van der Waals surface area contributed by atoms with E-state index in [1.807, 2.05) is 0 Å². The van der Waals surface area contributed by atoms with E-state index in [4.69, 9.17) is 26.7 Å². The van der Waals surface area contributed by atoms with Crippen molar-refractivity contribution < 1.29 is 9.47 Å². The van der Waals surface area contributed by atoms with Gasteiger partial charge in [0.05, 0.1) is 0 Å². The Balaban J connectivity index is 0.000000171. The molecule has 17 heavy (non-hydrogen) atoms. The van der Waals surface area contributed by atoms with E-state index in [9.17, 15) is 0 Å². The van der Waals surface area contributed by atoms with Gasteiger partial charge in [0.25, 0.3) is 0 Å². The predicted octanol–water partition coefficient (Wildman–Crippen LogP) is -0.175. The van der Waals surface area contributed by atoms with Crippen LogP contribution in [-0.4, -0.2) is 45.1 Å². The molecule has 2 aliphatic heterocycles. The SMILES string of the molecule is NCC1(N)CCOCC1.NCC1CCOCC1. The summed E-state index contributed by atoms with van der Waals surface area (Å²) in [7, 11) is 0. The van der Waals surface area contributed by atoms with Crippen LogP contribution in [0.25, 0.3) is 0 Å². The van der Waals surface area contributed by atoms with Crippen LogP contribution in [0.3, 0.4) is 0 Å². The summed E-state index contributed by atoms with van der Waals surface area (Å²) in [5.74, 6) is 0.740. The number of rotatable bonds is 2. The van der Waals surface area contributed by atoms with E-state index < -0.39 is 0 Å². The molecule has 2 rings (SSSR count). The molecule has 5 heteroatoms. The highest BCUT2D eigenvalue weighted by atomic mass is 16.5.